The van der Waals surface area contributed by atoms with Gasteiger partial charge in [0.1, 0.15) is 0 Å². The molecule has 0 radical (unpaired) electrons. The number of nitrogens with zero attached hydrogens (tertiary/aromatic N) is 1. The summed E-state index contributed by atoms with van der Waals surface area (Å²) in [5, 5.41) is 9.04. The molecular weight excluding hydrogens is 342 g/mol. The van der Waals surface area contributed by atoms with Gasteiger partial charge in [0.2, 0.25) is 0 Å². The topological polar surface area (TPSA) is 67.3 Å². The quantitative estimate of drug-likeness (QED) is 0.897. The van der Waals surface area contributed by atoms with Crippen molar-refractivity contribution in [1.82, 2.24) is 4.98 Å². The summed E-state index contributed by atoms with van der Waals surface area (Å²) in [6, 6.07) is 10.3. The molecule has 0 amide bonds. The Morgan fingerprint density at radius 3 is 2.75 bits per heavy atom. The Morgan fingerprint density at radius 1 is 1.30 bits per heavy atom. The Hall–Kier alpha value is -1.53. The minimum absolute atomic E-state index is 0.119. The van der Waals surface area contributed by atoms with Gasteiger partial charge in [-0.05, 0) is 46.3 Å². The highest BCUT2D eigenvalue weighted by atomic mass is 79.9. The summed E-state index contributed by atoms with van der Waals surface area (Å²) >= 11 is 3.17. The number of aryl methyl sites for hydroxylation is 1. The van der Waals surface area contributed by atoms with Crippen LogP contribution in [-0.4, -0.2) is 26.0 Å². The molecule has 1 N–H and O–H groups in total. The largest absolute Gasteiger partial charge is 0.478 e. The number of halogens is 1. The third-order valence-electron chi connectivity index (χ3n) is 2.70. The van der Waals surface area contributed by atoms with Crippen molar-refractivity contribution in [2.45, 2.75) is 11.3 Å². The Balaban J connectivity index is 2.10. The van der Waals surface area contributed by atoms with E-state index in [2.05, 4.69) is 20.9 Å². The molecule has 0 spiro atoms. The molecule has 1 heterocycles. The van der Waals surface area contributed by atoms with Gasteiger partial charge in [-0.2, -0.15) is 0 Å². The van der Waals surface area contributed by atoms with E-state index < -0.39 is 16.8 Å². The first-order valence-electron chi connectivity index (χ1n) is 5.89. The molecule has 0 fully saturated rings. The summed E-state index contributed by atoms with van der Waals surface area (Å²) in [4.78, 5) is 15.7. The van der Waals surface area contributed by atoms with Crippen LogP contribution in [0.2, 0.25) is 0 Å². The first-order chi connectivity index (χ1) is 9.58. The van der Waals surface area contributed by atoms with Gasteiger partial charge in [-0.1, -0.05) is 6.07 Å². The molecule has 1 unspecified atom stereocenters. The first-order valence-corrected chi connectivity index (χ1v) is 8.00. The van der Waals surface area contributed by atoms with Crippen LogP contribution >= 0.6 is 15.9 Å². The predicted molar refractivity (Wildman–Crippen MR) is 80.3 cm³/mol. The van der Waals surface area contributed by atoms with Crippen molar-refractivity contribution >= 4 is 32.7 Å². The van der Waals surface area contributed by atoms with Crippen molar-refractivity contribution in [2.75, 3.05) is 5.75 Å². The highest BCUT2D eigenvalue weighted by Crippen LogP contribution is 2.20. The lowest BCUT2D eigenvalue weighted by atomic mass is 10.2. The fourth-order valence-corrected chi connectivity index (χ4v) is 3.19. The number of aromatic nitrogens is 1. The van der Waals surface area contributed by atoms with Gasteiger partial charge in [0.25, 0.3) is 0 Å². The van der Waals surface area contributed by atoms with E-state index >= 15 is 0 Å². The van der Waals surface area contributed by atoms with Gasteiger partial charge in [-0.3, -0.25) is 9.19 Å². The van der Waals surface area contributed by atoms with Crippen molar-refractivity contribution in [2.24, 2.45) is 0 Å². The number of rotatable bonds is 5. The molecular formula is C14H12BrNO3S. The molecule has 1 aromatic carbocycles. The van der Waals surface area contributed by atoms with Gasteiger partial charge in [0.15, 0.2) is 0 Å². The van der Waals surface area contributed by atoms with Crippen molar-refractivity contribution < 1.29 is 14.1 Å². The molecule has 0 aliphatic rings. The second-order valence-electron chi connectivity index (χ2n) is 4.07. The van der Waals surface area contributed by atoms with Crippen LogP contribution in [0.1, 0.15) is 16.1 Å². The molecule has 0 aliphatic carbocycles. The Labute approximate surface area is 127 Å². The van der Waals surface area contributed by atoms with Crippen molar-refractivity contribution in [3.63, 3.8) is 0 Å². The van der Waals surface area contributed by atoms with E-state index in [9.17, 15) is 9.00 Å². The third-order valence-corrected chi connectivity index (χ3v) is 4.75. The Morgan fingerprint density at radius 2 is 2.10 bits per heavy atom. The number of aromatic carboxylic acids is 1. The van der Waals surface area contributed by atoms with E-state index in [1.807, 2.05) is 18.2 Å². The molecule has 2 aromatic rings. The zero-order chi connectivity index (χ0) is 14.5. The summed E-state index contributed by atoms with van der Waals surface area (Å²) in [5.41, 5.74) is 0.991. The second-order valence-corrected chi connectivity index (χ2v) is 6.49. The number of hydrogen-bond acceptors (Lipinski definition) is 3. The average molecular weight is 354 g/mol. The zero-order valence-electron chi connectivity index (χ0n) is 10.5. The summed E-state index contributed by atoms with van der Waals surface area (Å²) in [6.45, 7) is 0. The van der Waals surface area contributed by atoms with Crippen LogP contribution in [0.4, 0.5) is 0 Å². The van der Waals surface area contributed by atoms with Crippen LogP contribution in [0.25, 0.3) is 0 Å². The molecule has 20 heavy (non-hydrogen) atoms. The fourth-order valence-electron chi connectivity index (χ4n) is 1.67. The monoisotopic (exact) mass is 353 g/mol. The van der Waals surface area contributed by atoms with E-state index in [0.717, 1.165) is 5.69 Å². The van der Waals surface area contributed by atoms with E-state index in [1.165, 1.54) is 6.07 Å². The molecule has 4 nitrogen and oxygen atoms in total. The van der Waals surface area contributed by atoms with E-state index in [-0.39, 0.29) is 5.56 Å². The SMILES string of the molecule is O=C(O)c1cc(S(=O)CCc2ccccn2)ccc1Br. The van der Waals surface area contributed by atoms with Crippen molar-refractivity contribution in [3.05, 3.63) is 58.3 Å². The van der Waals surface area contributed by atoms with Crippen LogP contribution in [0.5, 0.6) is 0 Å². The fraction of sp³-hybridized carbons (Fsp3) is 0.143. The van der Waals surface area contributed by atoms with E-state index in [0.29, 0.717) is 21.5 Å². The lowest BCUT2D eigenvalue weighted by Gasteiger charge is -2.05. The number of carbonyl (C=O) groups is 1. The summed E-state index contributed by atoms with van der Waals surface area (Å²) < 4.78 is 12.7. The minimum atomic E-state index is -1.24. The summed E-state index contributed by atoms with van der Waals surface area (Å²) in [7, 11) is -1.24. The minimum Gasteiger partial charge on any atom is -0.478 e. The van der Waals surface area contributed by atoms with Gasteiger partial charge >= 0.3 is 5.97 Å². The van der Waals surface area contributed by atoms with E-state index in [4.69, 9.17) is 5.11 Å². The standard InChI is InChI=1S/C14H12BrNO3S/c15-13-5-4-11(9-12(13)14(17)18)20(19)8-6-10-3-1-2-7-16-10/h1-5,7,9H,6,8H2,(H,17,18). The van der Waals surface area contributed by atoms with Gasteiger partial charge in [-0.25, -0.2) is 4.79 Å². The van der Waals surface area contributed by atoms with Gasteiger partial charge in [-0.15, -0.1) is 0 Å². The second kappa shape index (κ2) is 6.76. The normalized spacial score (nSPS) is 12.1. The van der Waals surface area contributed by atoms with Crippen molar-refractivity contribution in [1.29, 1.82) is 0 Å². The Bertz CT molecular complexity index is 646. The number of carboxylic acids is 1. The zero-order valence-corrected chi connectivity index (χ0v) is 12.9. The molecule has 1 aromatic heterocycles. The smallest absolute Gasteiger partial charge is 0.336 e. The van der Waals surface area contributed by atoms with Crippen LogP contribution in [0, 0.1) is 0 Å². The van der Waals surface area contributed by atoms with Crippen LogP contribution < -0.4 is 0 Å². The Kier molecular flexibility index (Phi) is 5.03. The molecule has 0 saturated carbocycles. The van der Waals surface area contributed by atoms with E-state index in [1.54, 1.807) is 18.3 Å². The molecule has 0 aliphatic heterocycles. The summed E-state index contributed by atoms with van der Waals surface area (Å²) in [5.74, 6) is -0.627. The molecule has 0 bridgehead atoms. The third kappa shape index (κ3) is 3.74. The highest BCUT2D eigenvalue weighted by molar-refractivity contribution is 9.10. The van der Waals surface area contributed by atoms with Gasteiger partial charge in [0, 0.05) is 33.4 Å². The van der Waals surface area contributed by atoms with Gasteiger partial charge < -0.3 is 5.11 Å². The maximum Gasteiger partial charge on any atom is 0.336 e. The number of carboxylic acid groups (broad SMARTS) is 1. The number of pyridine rings is 1. The maximum absolute atomic E-state index is 12.2. The highest BCUT2D eigenvalue weighted by Gasteiger charge is 2.12. The number of benzene rings is 1. The lowest BCUT2D eigenvalue weighted by molar-refractivity contribution is 0.0695. The van der Waals surface area contributed by atoms with Gasteiger partial charge in [0.05, 0.1) is 16.4 Å². The van der Waals surface area contributed by atoms with Crippen LogP contribution in [0.15, 0.2) is 52.0 Å². The first kappa shape index (κ1) is 14.9. The average Bonchev–Trinajstić information content (AvgIpc) is 2.46. The molecule has 2 rings (SSSR count). The van der Waals surface area contributed by atoms with Crippen LogP contribution in [0.3, 0.4) is 0 Å². The molecule has 0 saturated heterocycles. The molecule has 104 valence electrons. The predicted octanol–water partition coefficient (Wildman–Crippen LogP) is 2.89. The molecule has 1 atom stereocenters. The molecule has 6 heteroatoms. The lowest BCUT2D eigenvalue weighted by Crippen LogP contribution is -2.05. The summed E-state index contributed by atoms with van der Waals surface area (Å²) in [6.07, 6.45) is 2.28. The van der Waals surface area contributed by atoms with Crippen LogP contribution in [-0.2, 0) is 17.2 Å². The number of hydrogen-bond donors (Lipinski definition) is 1. The van der Waals surface area contributed by atoms with Crippen molar-refractivity contribution in [3.8, 4) is 0 Å². The maximum atomic E-state index is 12.2.